The van der Waals surface area contributed by atoms with E-state index >= 15 is 0 Å². The van der Waals surface area contributed by atoms with Gasteiger partial charge in [0.2, 0.25) is 11.8 Å². The summed E-state index contributed by atoms with van der Waals surface area (Å²) in [5, 5.41) is 3.17. The molecule has 3 rings (SSSR count). The molecule has 244 valence electrons. The summed E-state index contributed by atoms with van der Waals surface area (Å²) in [5.41, 5.74) is 1.82. The molecule has 0 aliphatic rings. The van der Waals surface area contributed by atoms with Crippen molar-refractivity contribution >= 4 is 39.1 Å². The third kappa shape index (κ3) is 8.61. The summed E-state index contributed by atoms with van der Waals surface area (Å²) in [4.78, 5) is 29.1. The molecule has 0 bridgehead atoms. The fourth-order valence-electron chi connectivity index (χ4n) is 4.79. The molecule has 0 aliphatic carbocycles. The lowest BCUT2D eigenvalue weighted by atomic mass is 10.1. The van der Waals surface area contributed by atoms with Crippen LogP contribution in [-0.2, 0) is 26.2 Å². The Hall–Kier alpha value is -3.96. The van der Waals surface area contributed by atoms with E-state index in [0.717, 1.165) is 15.4 Å². The van der Waals surface area contributed by atoms with Gasteiger partial charge in [-0.1, -0.05) is 56.6 Å². The molecule has 0 radical (unpaired) electrons. The molecular weight excluding hydrogens is 618 g/mol. The number of sulfonamides is 1. The van der Waals surface area contributed by atoms with Crippen LogP contribution in [0.3, 0.4) is 0 Å². The van der Waals surface area contributed by atoms with Crippen LogP contribution in [0, 0.1) is 12.8 Å². The summed E-state index contributed by atoms with van der Waals surface area (Å²) in [7, 11) is -0.199. The third-order valence-electron chi connectivity index (χ3n) is 7.30. The van der Waals surface area contributed by atoms with Crippen LogP contribution in [0.25, 0.3) is 0 Å². The van der Waals surface area contributed by atoms with E-state index in [2.05, 4.69) is 5.32 Å². The second-order valence-corrected chi connectivity index (χ2v) is 13.2. The maximum absolute atomic E-state index is 14.4. The first-order chi connectivity index (χ1) is 21.4. The molecule has 3 aromatic rings. The van der Waals surface area contributed by atoms with Crippen molar-refractivity contribution in [3.8, 4) is 17.2 Å². The highest BCUT2D eigenvalue weighted by Crippen LogP contribution is 2.37. The van der Waals surface area contributed by atoms with Crippen molar-refractivity contribution in [2.45, 2.75) is 51.6 Å². The van der Waals surface area contributed by atoms with Crippen molar-refractivity contribution in [3.63, 3.8) is 0 Å². The van der Waals surface area contributed by atoms with Crippen molar-refractivity contribution in [2.24, 2.45) is 5.92 Å². The molecule has 0 saturated heterocycles. The van der Waals surface area contributed by atoms with Crippen LogP contribution in [0.15, 0.2) is 65.6 Å². The van der Waals surface area contributed by atoms with Crippen molar-refractivity contribution in [1.82, 2.24) is 10.2 Å². The number of methoxy groups -OCH3 is 3. The van der Waals surface area contributed by atoms with Crippen LogP contribution >= 0.6 is 11.6 Å². The first kappa shape index (κ1) is 35.5. The standard InChI is InChI=1S/C33H42ClN3O7S/c1-8-27(33(39)35-19-22(2)3)36(20-24-12-10-9-11-23(24)4)32(38)21-37(28-17-25(34)13-15-29(28)42-5)45(40,41)26-14-16-30(43-6)31(18-26)44-7/h9-18,22,27H,8,19-21H2,1-7H3,(H,35,39)/t27-/m0/s1. The normalized spacial score (nSPS) is 11.9. The molecule has 10 nitrogen and oxygen atoms in total. The Bertz CT molecular complexity index is 1600. The van der Waals surface area contributed by atoms with E-state index in [1.165, 1.54) is 56.6 Å². The zero-order valence-electron chi connectivity index (χ0n) is 26.8. The number of benzene rings is 3. The Morgan fingerprint density at radius 1 is 0.911 bits per heavy atom. The molecule has 1 N–H and O–H groups in total. The second-order valence-electron chi connectivity index (χ2n) is 10.9. The van der Waals surface area contributed by atoms with Gasteiger partial charge in [0.05, 0.1) is 31.9 Å². The Morgan fingerprint density at radius 3 is 2.16 bits per heavy atom. The van der Waals surface area contributed by atoms with Crippen LogP contribution < -0.4 is 23.8 Å². The topological polar surface area (TPSA) is 114 Å². The Labute approximate surface area is 271 Å². The quantitative estimate of drug-likeness (QED) is 0.231. The molecule has 0 aromatic heterocycles. The Kier molecular flexibility index (Phi) is 12.5. The number of nitrogens with one attached hydrogen (secondary N) is 1. The number of ether oxygens (including phenoxy) is 3. The molecular formula is C33H42ClN3O7S. The maximum Gasteiger partial charge on any atom is 0.265 e. The molecule has 0 fully saturated rings. The highest BCUT2D eigenvalue weighted by atomic mass is 35.5. The summed E-state index contributed by atoms with van der Waals surface area (Å²) in [6, 6.07) is 15.4. The number of carbonyl (C=O) groups excluding carboxylic acids is 2. The fraction of sp³-hybridized carbons (Fsp3) is 0.394. The molecule has 1 atom stereocenters. The molecule has 2 amide bonds. The molecule has 0 unspecified atom stereocenters. The lowest BCUT2D eigenvalue weighted by Gasteiger charge is -2.34. The van der Waals surface area contributed by atoms with Crippen LogP contribution in [0.5, 0.6) is 17.2 Å². The van der Waals surface area contributed by atoms with E-state index in [9.17, 15) is 18.0 Å². The fourth-order valence-corrected chi connectivity index (χ4v) is 6.39. The Morgan fingerprint density at radius 2 is 1.56 bits per heavy atom. The van der Waals surface area contributed by atoms with E-state index in [1.807, 2.05) is 52.0 Å². The van der Waals surface area contributed by atoms with Gasteiger partial charge in [0.1, 0.15) is 18.3 Å². The number of anilines is 1. The molecule has 0 saturated carbocycles. The van der Waals surface area contributed by atoms with Gasteiger partial charge in [-0.3, -0.25) is 13.9 Å². The number of amides is 2. The van der Waals surface area contributed by atoms with Gasteiger partial charge in [0.25, 0.3) is 10.0 Å². The summed E-state index contributed by atoms with van der Waals surface area (Å²) < 4.78 is 45.9. The van der Waals surface area contributed by atoms with Crippen molar-refractivity contribution in [2.75, 3.05) is 38.7 Å². The summed E-state index contributed by atoms with van der Waals surface area (Å²) in [6.45, 7) is 7.57. The number of aryl methyl sites for hydroxylation is 1. The maximum atomic E-state index is 14.4. The second kappa shape index (κ2) is 15.9. The van der Waals surface area contributed by atoms with Gasteiger partial charge in [-0.25, -0.2) is 8.42 Å². The number of hydrogen-bond donors (Lipinski definition) is 1. The zero-order chi connectivity index (χ0) is 33.3. The minimum atomic E-state index is -4.43. The first-order valence-corrected chi connectivity index (χ1v) is 16.4. The molecule has 12 heteroatoms. The van der Waals surface area contributed by atoms with Crippen molar-refractivity contribution in [1.29, 1.82) is 0 Å². The van der Waals surface area contributed by atoms with Gasteiger partial charge in [-0.2, -0.15) is 0 Å². The average molecular weight is 660 g/mol. The molecule has 45 heavy (non-hydrogen) atoms. The Balaban J connectivity index is 2.17. The number of hydrogen-bond acceptors (Lipinski definition) is 7. The summed E-state index contributed by atoms with van der Waals surface area (Å²) >= 11 is 6.34. The van der Waals surface area contributed by atoms with E-state index in [0.29, 0.717) is 18.7 Å². The van der Waals surface area contributed by atoms with Gasteiger partial charge in [0, 0.05) is 24.2 Å². The smallest absolute Gasteiger partial charge is 0.265 e. The number of nitrogens with zero attached hydrogens (tertiary/aromatic N) is 2. The van der Waals surface area contributed by atoms with Gasteiger partial charge in [0.15, 0.2) is 11.5 Å². The van der Waals surface area contributed by atoms with E-state index < -0.39 is 28.5 Å². The van der Waals surface area contributed by atoms with Gasteiger partial charge in [-0.05, 0) is 60.7 Å². The summed E-state index contributed by atoms with van der Waals surface area (Å²) in [6.07, 6.45) is 0.310. The number of halogens is 1. The van der Waals surface area contributed by atoms with Gasteiger partial charge in [-0.15, -0.1) is 0 Å². The van der Waals surface area contributed by atoms with Crippen LogP contribution in [0.4, 0.5) is 5.69 Å². The predicted octanol–water partition coefficient (Wildman–Crippen LogP) is 5.45. The van der Waals surface area contributed by atoms with E-state index in [1.54, 1.807) is 6.07 Å². The highest BCUT2D eigenvalue weighted by Gasteiger charge is 2.35. The predicted molar refractivity (Wildman–Crippen MR) is 176 cm³/mol. The largest absolute Gasteiger partial charge is 0.495 e. The van der Waals surface area contributed by atoms with E-state index in [-0.39, 0.29) is 45.5 Å². The van der Waals surface area contributed by atoms with Crippen molar-refractivity contribution in [3.05, 3.63) is 76.8 Å². The van der Waals surface area contributed by atoms with Crippen LogP contribution in [0.1, 0.15) is 38.3 Å². The van der Waals surface area contributed by atoms with E-state index in [4.69, 9.17) is 25.8 Å². The lowest BCUT2D eigenvalue weighted by molar-refractivity contribution is -0.140. The van der Waals surface area contributed by atoms with Crippen LogP contribution in [0.2, 0.25) is 5.02 Å². The van der Waals surface area contributed by atoms with Gasteiger partial charge >= 0.3 is 0 Å². The van der Waals surface area contributed by atoms with Gasteiger partial charge < -0.3 is 24.4 Å². The molecule has 0 heterocycles. The monoisotopic (exact) mass is 659 g/mol. The molecule has 0 spiro atoms. The minimum Gasteiger partial charge on any atom is -0.495 e. The van der Waals surface area contributed by atoms with Crippen LogP contribution in [-0.4, -0.2) is 65.6 Å². The lowest BCUT2D eigenvalue weighted by Crippen LogP contribution is -2.52. The average Bonchev–Trinajstić information content (AvgIpc) is 3.02. The molecule has 3 aromatic carbocycles. The minimum absolute atomic E-state index is 0.0567. The zero-order valence-corrected chi connectivity index (χ0v) is 28.4. The number of carbonyl (C=O) groups is 2. The third-order valence-corrected chi connectivity index (χ3v) is 9.29. The highest BCUT2D eigenvalue weighted by molar-refractivity contribution is 7.92. The summed E-state index contributed by atoms with van der Waals surface area (Å²) in [5.74, 6) is 0.00504. The molecule has 0 aliphatic heterocycles. The SMILES string of the molecule is CC[C@@H](C(=O)NCC(C)C)N(Cc1ccccc1C)C(=O)CN(c1cc(Cl)ccc1OC)S(=O)(=O)c1ccc(OC)c(OC)c1. The number of rotatable bonds is 15. The first-order valence-electron chi connectivity index (χ1n) is 14.6. The van der Waals surface area contributed by atoms with Crippen molar-refractivity contribution < 1.29 is 32.2 Å².